The van der Waals surface area contributed by atoms with Crippen LogP contribution in [-0.2, 0) is 4.79 Å². The predicted molar refractivity (Wildman–Crippen MR) is 79.1 cm³/mol. The molecule has 1 aliphatic rings. The van der Waals surface area contributed by atoms with E-state index in [1.54, 1.807) is 0 Å². The van der Waals surface area contributed by atoms with E-state index < -0.39 is 5.54 Å². The summed E-state index contributed by atoms with van der Waals surface area (Å²) in [5.74, 6) is 0.151. The van der Waals surface area contributed by atoms with Crippen molar-refractivity contribution >= 4 is 17.7 Å². The fourth-order valence-electron chi connectivity index (χ4n) is 2.09. The van der Waals surface area contributed by atoms with Crippen LogP contribution in [0, 0.1) is 0 Å². The van der Waals surface area contributed by atoms with Gasteiger partial charge in [0.1, 0.15) is 0 Å². The first kappa shape index (κ1) is 15.8. The quantitative estimate of drug-likeness (QED) is 0.756. The van der Waals surface area contributed by atoms with Crippen molar-refractivity contribution in [1.29, 1.82) is 0 Å². The van der Waals surface area contributed by atoms with Gasteiger partial charge in [-0.25, -0.2) is 0 Å². The van der Waals surface area contributed by atoms with Gasteiger partial charge in [0.2, 0.25) is 5.91 Å². The summed E-state index contributed by atoms with van der Waals surface area (Å²) >= 11 is 1.84. The molecule has 0 radical (unpaired) electrons. The summed E-state index contributed by atoms with van der Waals surface area (Å²) in [7, 11) is 0. The molecule has 0 aromatic heterocycles. The Bertz CT molecular complexity index is 265. The third kappa shape index (κ3) is 4.44. The summed E-state index contributed by atoms with van der Waals surface area (Å²) in [4.78, 5) is 14.5. The zero-order chi connectivity index (χ0) is 13.6. The van der Waals surface area contributed by atoms with E-state index in [1.807, 2.05) is 25.6 Å². The van der Waals surface area contributed by atoms with E-state index >= 15 is 0 Å². The van der Waals surface area contributed by atoms with Crippen LogP contribution in [0.1, 0.15) is 27.2 Å². The van der Waals surface area contributed by atoms with Crippen molar-refractivity contribution in [3.63, 3.8) is 0 Å². The molecular formula is C13H27N3OS. The van der Waals surface area contributed by atoms with E-state index in [2.05, 4.69) is 28.7 Å². The van der Waals surface area contributed by atoms with Gasteiger partial charge in [0.05, 0.1) is 5.54 Å². The minimum Gasteiger partial charge on any atom is -0.354 e. The number of thioether (sulfide) groups is 1. The third-order valence-electron chi connectivity index (χ3n) is 3.70. The van der Waals surface area contributed by atoms with Crippen LogP contribution in [0.15, 0.2) is 0 Å². The van der Waals surface area contributed by atoms with Gasteiger partial charge in [0.15, 0.2) is 0 Å². The van der Waals surface area contributed by atoms with Gasteiger partial charge in [-0.15, -0.1) is 0 Å². The van der Waals surface area contributed by atoms with Gasteiger partial charge in [0.25, 0.3) is 0 Å². The molecule has 1 amide bonds. The lowest BCUT2D eigenvalue weighted by Crippen LogP contribution is -2.60. The maximum absolute atomic E-state index is 12.3. The van der Waals surface area contributed by atoms with Gasteiger partial charge in [-0.3, -0.25) is 9.69 Å². The SMILES string of the molecule is CSC(C)CCNC(=O)C(C)(C)N1CCNCC1. The molecule has 1 saturated heterocycles. The predicted octanol–water partition coefficient (Wildman–Crippen LogP) is 0.928. The highest BCUT2D eigenvalue weighted by molar-refractivity contribution is 7.99. The molecule has 106 valence electrons. The molecule has 1 rings (SSSR count). The lowest BCUT2D eigenvalue weighted by Gasteiger charge is -2.39. The maximum atomic E-state index is 12.3. The van der Waals surface area contributed by atoms with Gasteiger partial charge < -0.3 is 10.6 Å². The summed E-state index contributed by atoms with van der Waals surface area (Å²) in [5.41, 5.74) is -0.398. The number of hydrogen-bond donors (Lipinski definition) is 2. The molecule has 0 aromatic carbocycles. The monoisotopic (exact) mass is 273 g/mol. The van der Waals surface area contributed by atoms with Crippen LogP contribution < -0.4 is 10.6 Å². The highest BCUT2D eigenvalue weighted by Crippen LogP contribution is 2.15. The van der Waals surface area contributed by atoms with Gasteiger partial charge in [0, 0.05) is 38.0 Å². The summed E-state index contributed by atoms with van der Waals surface area (Å²) in [6.45, 7) is 10.8. The first-order valence-corrected chi connectivity index (χ1v) is 8.04. The van der Waals surface area contributed by atoms with Crippen LogP contribution in [0.25, 0.3) is 0 Å². The first-order valence-electron chi connectivity index (χ1n) is 6.75. The number of nitrogens with one attached hydrogen (secondary N) is 2. The van der Waals surface area contributed by atoms with Crippen molar-refractivity contribution in [2.45, 2.75) is 38.0 Å². The van der Waals surface area contributed by atoms with Crippen molar-refractivity contribution in [1.82, 2.24) is 15.5 Å². The Morgan fingerprint density at radius 3 is 2.61 bits per heavy atom. The van der Waals surface area contributed by atoms with E-state index in [1.165, 1.54) is 0 Å². The van der Waals surface area contributed by atoms with Crippen LogP contribution in [-0.4, -0.2) is 60.6 Å². The summed E-state index contributed by atoms with van der Waals surface area (Å²) in [6.07, 6.45) is 3.14. The molecule has 0 bridgehead atoms. The summed E-state index contributed by atoms with van der Waals surface area (Å²) < 4.78 is 0. The lowest BCUT2D eigenvalue weighted by molar-refractivity contribution is -0.132. The Balaban J connectivity index is 2.38. The maximum Gasteiger partial charge on any atom is 0.239 e. The zero-order valence-electron chi connectivity index (χ0n) is 12.1. The number of carbonyl (C=O) groups excluding carboxylic acids is 1. The van der Waals surface area contributed by atoms with Crippen LogP contribution in [0.3, 0.4) is 0 Å². The molecule has 1 unspecified atom stereocenters. The van der Waals surface area contributed by atoms with Crippen LogP contribution in [0.4, 0.5) is 0 Å². The lowest BCUT2D eigenvalue weighted by atomic mass is 10.0. The van der Waals surface area contributed by atoms with E-state index in [-0.39, 0.29) is 5.91 Å². The van der Waals surface area contributed by atoms with E-state index in [0.717, 1.165) is 39.1 Å². The second-order valence-electron chi connectivity index (χ2n) is 5.39. The summed E-state index contributed by atoms with van der Waals surface area (Å²) in [5, 5.41) is 6.99. The molecule has 18 heavy (non-hydrogen) atoms. The zero-order valence-corrected chi connectivity index (χ0v) is 12.9. The van der Waals surface area contributed by atoms with Gasteiger partial charge in [-0.2, -0.15) is 11.8 Å². The Morgan fingerprint density at radius 2 is 2.06 bits per heavy atom. The fourth-order valence-corrected chi connectivity index (χ4v) is 2.44. The molecule has 0 aromatic rings. The fraction of sp³-hybridized carbons (Fsp3) is 0.923. The molecule has 5 heteroatoms. The molecule has 0 saturated carbocycles. The number of piperazine rings is 1. The normalized spacial score (nSPS) is 19.6. The van der Waals surface area contributed by atoms with E-state index in [4.69, 9.17) is 0 Å². The molecule has 4 nitrogen and oxygen atoms in total. The van der Waals surface area contributed by atoms with Gasteiger partial charge >= 0.3 is 0 Å². The molecule has 1 atom stereocenters. The number of amides is 1. The highest BCUT2D eigenvalue weighted by atomic mass is 32.2. The largest absolute Gasteiger partial charge is 0.354 e. The first-order chi connectivity index (χ1) is 8.48. The van der Waals surface area contributed by atoms with Gasteiger partial charge in [-0.05, 0) is 26.5 Å². The smallest absolute Gasteiger partial charge is 0.239 e. The number of hydrogen-bond acceptors (Lipinski definition) is 4. The van der Waals surface area contributed by atoms with Crippen molar-refractivity contribution in [3.05, 3.63) is 0 Å². The summed E-state index contributed by atoms with van der Waals surface area (Å²) in [6, 6.07) is 0. The highest BCUT2D eigenvalue weighted by Gasteiger charge is 2.34. The molecule has 0 aliphatic carbocycles. The number of carbonyl (C=O) groups is 1. The average Bonchev–Trinajstić information content (AvgIpc) is 2.39. The van der Waals surface area contributed by atoms with Crippen LogP contribution >= 0.6 is 11.8 Å². The molecule has 0 spiro atoms. The Labute approximate surface area is 115 Å². The third-order valence-corrected chi connectivity index (χ3v) is 4.74. The number of rotatable bonds is 6. The van der Waals surface area contributed by atoms with Crippen LogP contribution in [0.5, 0.6) is 0 Å². The Hall–Kier alpha value is -0.260. The molecule has 1 heterocycles. The molecule has 1 fully saturated rings. The standard InChI is InChI=1S/C13H27N3OS/c1-11(18-4)5-6-15-12(17)13(2,3)16-9-7-14-8-10-16/h11,14H,5-10H2,1-4H3,(H,15,17). The Kier molecular flexibility index (Phi) is 6.46. The van der Waals surface area contributed by atoms with Gasteiger partial charge in [-0.1, -0.05) is 6.92 Å². The average molecular weight is 273 g/mol. The molecule has 1 aliphatic heterocycles. The van der Waals surface area contributed by atoms with E-state index in [9.17, 15) is 4.79 Å². The van der Waals surface area contributed by atoms with Crippen molar-refractivity contribution < 1.29 is 4.79 Å². The van der Waals surface area contributed by atoms with Crippen LogP contribution in [0.2, 0.25) is 0 Å². The van der Waals surface area contributed by atoms with E-state index in [0.29, 0.717) is 5.25 Å². The van der Waals surface area contributed by atoms with Crippen molar-refractivity contribution in [2.24, 2.45) is 0 Å². The molecular weight excluding hydrogens is 246 g/mol. The van der Waals surface area contributed by atoms with Crippen molar-refractivity contribution in [3.8, 4) is 0 Å². The second-order valence-corrected chi connectivity index (χ2v) is 6.66. The second kappa shape index (κ2) is 7.36. The topological polar surface area (TPSA) is 44.4 Å². The Morgan fingerprint density at radius 1 is 1.44 bits per heavy atom. The minimum atomic E-state index is -0.398. The molecule has 2 N–H and O–H groups in total. The minimum absolute atomic E-state index is 0.151. The van der Waals surface area contributed by atoms with Crippen molar-refractivity contribution in [2.75, 3.05) is 39.0 Å². The number of nitrogens with zero attached hydrogens (tertiary/aromatic N) is 1.